The Morgan fingerprint density at radius 1 is 1.37 bits per heavy atom. The molecule has 0 saturated carbocycles. The molecule has 0 radical (unpaired) electrons. The van der Waals surface area contributed by atoms with Gasteiger partial charge < -0.3 is 10.3 Å². The third kappa shape index (κ3) is 3.02. The summed E-state index contributed by atoms with van der Waals surface area (Å²) >= 11 is 0. The number of benzene rings is 1. The molecule has 4 heteroatoms. The summed E-state index contributed by atoms with van der Waals surface area (Å²) in [5, 5.41) is 4.38. The molecule has 0 atom stereocenters. The first-order valence-corrected chi connectivity index (χ1v) is 6.53. The van der Waals surface area contributed by atoms with E-state index in [1.807, 2.05) is 25.1 Å². The SMILES string of the molecule is CCCCC(=O)Nc1cc2cc[nH]c(=O)c2cc1C. The zero-order valence-electron chi connectivity index (χ0n) is 11.2. The smallest absolute Gasteiger partial charge is 0.255 e. The van der Waals surface area contributed by atoms with Gasteiger partial charge in [-0.15, -0.1) is 0 Å². The van der Waals surface area contributed by atoms with Gasteiger partial charge in [-0.3, -0.25) is 9.59 Å². The molecule has 0 aliphatic heterocycles. The van der Waals surface area contributed by atoms with E-state index in [4.69, 9.17) is 0 Å². The molecule has 0 spiro atoms. The highest BCUT2D eigenvalue weighted by molar-refractivity contribution is 5.95. The van der Waals surface area contributed by atoms with E-state index in [1.165, 1.54) is 0 Å². The number of rotatable bonds is 4. The lowest BCUT2D eigenvalue weighted by molar-refractivity contribution is -0.116. The molecule has 0 unspecified atom stereocenters. The highest BCUT2D eigenvalue weighted by atomic mass is 16.1. The molecule has 1 aromatic heterocycles. The summed E-state index contributed by atoms with van der Waals surface area (Å²) in [6.45, 7) is 3.95. The molecule has 1 heterocycles. The van der Waals surface area contributed by atoms with Gasteiger partial charge >= 0.3 is 0 Å². The molecule has 2 N–H and O–H groups in total. The van der Waals surface area contributed by atoms with E-state index in [9.17, 15) is 9.59 Å². The van der Waals surface area contributed by atoms with Crippen molar-refractivity contribution in [2.45, 2.75) is 33.1 Å². The molecule has 2 aromatic rings. The van der Waals surface area contributed by atoms with Gasteiger partial charge in [0.05, 0.1) is 0 Å². The number of carbonyl (C=O) groups is 1. The quantitative estimate of drug-likeness (QED) is 0.885. The highest BCUT2D eigenvalue weighted by Gasteiger charge is 2.07. The van der Waals surface area contributed by atoms with Gasteiger partial charge in [0, 0.05) is 23.7 Å². The number of hydrogen-bond donors (Lipinski definition) is 2. The number of nitrogens with one attached hydrogen (secondary N) is 2. The van der Waals surface area contributed by atoms with Crippen molar-refractivity contribution < 1.29 is 4.79 Å². The normalized spacial score (nSPS) is 10.6. The van der Waals surface area contributed by atoms with Crippen LogP contribution in [0, 0.1) is 6.92 Å². The Kier molecular flexibility index (Phi) is 4.00. The standard InChI is InChI=1S/C15H18N2O2/c1-3-4-5-14(18)17-13-9-11-6-7-16-15(19)12(11)8-10(13)2/h6-9H,3-5H2,1-2H3,(H,16,19)(H,17,18). The Morgan fingerprint density at radius 2 is 2.16 bits per heavy atom. The molecule has 19 heavy (non-hydrogen) atoms. The van der Waals surface area contributed by atoms with Gasteiger partial charge in [-0.25, -0.2) is 0 Å². The largest absolute Gasteiger partial charge is 0.329 e. The molecule has 1 aromatic carbocycles. The fourth-order valence-corrected chi connectivity index (χ4v) is 2.03. The predicted octanol–water partition coefficient (Wildman–Crippen LogP) is 2.97. The van der Waals surface area contributed by atoms with Crippen LogP contribution in [0.5, 0.6) is 0 Å². The number of aromatic amines is 1. The minimum absolute atomic E-state index is 0.0224. The maximum atomic E-state index is 11.7. The van der Waals surface area contributed by atoms with Crippen LogP contribution in [-0.4, -0.2) is 10.9 Å². The Bertz CT molecular complexity index is 659. The fraction of sp³-hybridized carbons (Fsp3) is 0.333. The van der Waals surface area contributed by atoms with Crippen LogP contribution in [0.3, 0.4) is 0 Å². The minimum Gasteiger partial charge on any atom is -0.329 e. The fourth-order valence-electron chi connectivity index (χ4n) is 2.03. The number of aryl methyl sites for hydroxylation is 1. The number of amides is 1. The molecule has 100 valence electrons. The number of H-pyrrole nitrogens is 1. The van der Waals surface area contributed by atoms with Crippen molar-refractivity contribution in [3.63, 3.8) is 0 Å². The Hall–Kier alpha value is -2.10. The molecular weight excluding hydrogens is 240 g/mol. The number of aromatic nitrogens is 1. The van der Waals surface area contributed by atoms with E-state index in [0.29, 0.717) is 11.8 Å². The van der Waals surface area contributed by atoms with Crippen molar-refractivity contribution in [1.82, 2.24) is 4.98 Å². The number of pyridine rings is 1. The predicted molar refractivity (Wildman–Crippen MR) is 77.5 cm³/mol. The maximum absolute atomic E-state index is 11.7. The number of unbranched alkanes of at least 4 members (excludes halogenated alkanes) is 1. The zero-order valence-corrected chi connectivity index (χ0v) is 11.2. The summed E-state index contributed by atoms with van der Waals surface area (Å²) < 4.78 is 0. The van der Waals surface area contributed by atoms with Crippen LogP contribution in [0.25, 0.3) is 10.8 Å². The summed E-state index contributed by atoms with van der Waals surface area (Å²) in [6.07, 6.45) is 4.03. The second kappa shape index (κ2) is 5.69. The number of fused-ring (bicyclic) bond motifs is 1. The summed E-state index contributed by atoms with van der Waals surface area (Å²) in [6, 6.07) is 5.49. The average molecular weight is 258 g/mol. The van der Waals surface area contributed by atoms with E-state index in [-0.39, 0.29) is 11.5 Å². The van der Waals surface area contributed by atoms with Gasteiger partial charge in [0.2, 0.25) is 5.91 Å². The number of hydrogen-bond acceptors (Lipinski definition) is 2. The van der Waals surface area contributed by atoms with Crippen LogP contribution in [-0.2, 0) is 4.79 Å². The van der Waals surface area contributed by atoms with Crippen LogP contribution >= 0.6 is 0 Å². The van der Waals surface area contributed by atoms with Gasteiger partial charge in [0.15, 0.2) is 0 Å². The highest BCUT2D eigenvalue weighted by Crippen LogP contribution is 2.21. The van der Waals surface area contributed by atoms with Crippen LogP contribution in [0.2, 0.25) is 0 Å². The first-order valence-electron chi connectivity index (χ1n) is 6.53. The summed E-state index contributed by atoms with van der Waals surface area (Å²) in [7, 11) is 0. The third-order valence-electron chi connectivity index (χ3n) is 3.15. The summed E-state index contributed by atoms with van der Waals surface area (Å²) in [5.41, 5.74) is 1.57. The van der Waals surface area contributed by atoms with E-state index in [1.54, 1.807) is 6.20 Å². The first-order chi connectivity index (χ1) is 9.11. The third-order valence-corrected chi connectivity index (χ3v) is 3.15. The molecule has 0 bridgehead atoms. The summed E-state index contributed by atoms with van der Waals surface area (Å²) in [5.74, 6) is 0.0224. The summed E-state index contributed by atoms with van der Waals surface area (Å²) in [4.78, 5) is 26.1. The topological polar surface area (TPSA) is 62.0 Å². The molecule has 0 saturated heterocycles. The molecule has 2 rings (SSSR count). The van der Waals surface area contributed by atoms with Crippen molar-refractivity contribution in [3.8, 4) is 0 Å². The van der Waals surface area contributed by atoms with Gasteiger partial charge in [-0.05, 0) is 42.5 Å². The van der Waals surface area contributed by atoms with Crippen LogP contribution < -0.4 is 10.9 Å². The monoisotopic (exact) mass is 258 g/mol. The molecular formula is C15H18N2O2. The Labute approximate surface area is 111 Å². The van der Waals surface area contributed by atoms with Crippen molar-refractivity contribution in [3.05, 3.63) is 40.3 Å². The second-order valence-corrected chi connectivity index (χ2v) is 4.71. The van der Waals surface area contributed by atoms with Crippen molar-refractivity contribution in [1.29, 1.82) is 0 Å². The molecule has 1 amide bonds. The van der Waals surface area contributed by atoms with Gasteiger partial charge in [0.25, 0.3) is 5.56 Å². The average Bonchev–Trinajstić information content (AvgIpc) is 2.38. The van der Waals surface area contributed by atoms with Crippen molar-refractivity contribution in [2.24, 2.45) is 0 Å². The van der Waals surface area contributed by atoms with E-state index >= 15 is 0 Å². The second-order valence-electron chi connectivity index (χ2n) is 4.71. The van der Waals surface area contributed by atoms with E-state index < -0.39 is 0 Å². The van der Waals surface area contributed by atoms with Crippen molar-refractivity contribution in [2.75, 3.05) is 5.32 Å². The van der Waals surface area contributed by atoms with Gasteiger partial charge in [-0.1, -0.05) is 13.3 Å². The lowest BCUT2D eigenvalue weighted by Gasteiger charge is -2.09. The van der Waals surface area contributed by atoms with Crippen molar-refractivity contribution >= 4 is 22.4 Å². The first kappa shape index (κ1) is 13.3. The Balaban J connectivity index is 2.32. The molecule has 0 fully saturated rings. The maximum Gasteiger partial charge on any atom is 0.255 e. The number of carbonyl (C=O) groups excluding carboxylic acids is 1. The van der Waals surface area contributed by atoms with Crippen LogP contribution in [0.1, 0.15) is 31.7 Å². The van der Waals surface area contributed by atoms with E-state index in [2.05, 4.69) is 17.2 Å². The lowest BCUT2D eigenvalue weighted by Crippen LogP contribution is -2.12. The van der Waals surface area contributed by atoms with Gasteiger partial charge in [0.1, 0.15) is 0 Å². The number of anilines is 1. The van der Waals surface area contributed by atoms with Crippen LogP contribution in [0.15, 0.2) is 29.2 Å². The van der Waals surface area contributed by atoms with E-state index in [0.717, 1.165) is 29.5 Å². The zero-order chi connectivity index (χ0) is 13.8. The van der Waals surface area contributed by atoms with Gasteiger partial charge in [-0.2, -0.15) is 0 Å². The molecule has 4 nitrogen and oxygen atoms in total. The molecule has 0 aliphatic rings. The molecule has 0 aliphatic carbocycles. The minimum atomic E-state index is -0.107. The lowest BCUT2D eigenvalue weighted by atomic mass is 10.1. The van der Waals surface area contributed by atoms with Crippen LogP contribution in [0.4, 0.5) is 5.69 Å². The Morgan fingerprint density at radius 3 is 2.89 bits per heavy atom.